The fourth-order valence-electron chi connectivity index (χ4n) is 3.09. The minimum atomic E-state index is -2.75. The minimum absolute atomic E-state index is 0.588. The van der Waals surface area contributed by atoms with Gasteiger partial charge in [-0.3, -0.25) is 0 Å². The fraction of sp³-hybridized carbons (Fsp3) is 0.381. The number of thiazole rings is 1. The summed E-state index contributed by atoms with van der Waals surface area (Å²) in [5.74, 6) is 0. The van der Waals surface area contributed by atoms with Gasteiger partial charge in [-0.15, -0.1) is 11.3 Å². The molecule has 3 aromatic rings. The maximum atomic E-state index is 6.09. The number of para-hydroxylation sites is 1. The third-order valence-electron chi connectivity index (χ3n) is 4.27. The second kappa shape index (κ2) is 13.9. The van der Waals surface area contributed by atoms with Gasteiger partial charge in [-0.1, -0.05) is 29.8 Å². The van der Waals surface area contributed by atoms with Gasteiger partial charge in [0.15, 0.2) is 4.34 Å². The van der Waals surface area contributed by atoms with Crippen molar-refractivity contribution in [2.45, 2.75) is 43.0 Å². The first kappa shape index (κ1) is 26.8. The quantitative estimate of drug-likeness (QED) is 0.109. The number of aryl methyl sites for hydroxylation is 1. The molecule has 0 amide bonds. The third kappa shape index (κ3) is 7.86. The molecule has 1 heterocycles. The fourth-order valence-corrected chi connectivity index (χ4v) is 15.8. The molecule has 1 aromatic heterocycles. The van der Waals surface area contributed by atoms with Gasteiger partial charge in [-0.25, -0.2) is 4.98 Å². The molecular formula is C21H27NO3S6Si. The highest BCUT2D eigenvalue weighted by Gasteiger charge is 2.41. The molecule has 0 aliphatic rings. The molecule has 0 unspecified atom stereocenters. The normalized spacial score (nSPS) is 12.0. The van der Waals surface area contributed by atoms with Crippen molar-refractivity contribution in [1.82, 2.24) is 4.98 Å². The Balaban J connectivity index is 1.58. The molecule has 11 heteroatoms. The van der Waals surface area contributed by atoms with Crippen LogP contribution in [-0.2, 0) is 19.3 Å². The molecule has 32 heavy (non-hydrogen) atoms. The number of nitrogens with zero attached hydrogens (tertiary/aromatic N) is 1. The summed E-state index contributed by atoms with van der Waals surface area (Å²) in [6.45, 7) is 9.88. The number of benzene rings is 2. The molecule has 0 saturated carbocycles. The van der Waals surface area contributed by atoms with Crippen molar-refractivity contribution in [3.63, 3.8) is 0 Å². The van der Waals surface area contributed by atoms with Crippen LogP contribution < -0.4 is 0 Å². The van der Waals surface area contributed by atoms with Crippen LogP contribution in [-0.4, -0.2) is 33.6 Å². The van der Waals surface area contributed by atoms with E-state index in [1.165, 1.54) is 20.7 Å². The lowest BCUT2D eigenvalue weighted by Crippen LogP contribution is -2.48. The molecule has 0 fully saturated rings. The zero-order valence-corrected chi connectivity index (χ0v) is 24.4. The largest absolute Gasteiger partial charge is 0.505 e. The second-order valence-corrected chi connectivity index (χ2v) is 17.9. The van der Waals surface area contributed by atoms with E-state index in [1.54, 1.807) is 62.4 Å². The highest BCUT2D eigenvalue weighted by molar-refractivity contribution is 9.35. The molecule has 0 atom stereocenters. The summed E-state index contributed by atoms with van der Waals surface area (Å²) in [5, 5.41) is 0. The highest BCUT2D eigenvalue weighted by atomic mass is 33.8. The number of aromatic nitrogens is 1. The first-order valence-electron chi connectivity index (χ1n) is 10.3. The zero-order chi connectivity index (χ0) is 22.8. The maximum absolute atomic E-state index is 6.09. The second-order valence-electron chi connectivity index (χ2n) is 6.59. The molecule has 2 aromatic carbocycles. The van der Waals surface area contributed by atoms with Crippen molar-refractivity contribution in [3.8, 4) is 0 Å². The van der Waals surface area contributed by atoms with Crippen molar-refractivity contribution in [2.75, 3.05) is 19.8 Å². The summed E-state index contributed by atoms with van der Waals surface area (Å²) in [5.41, 5.74) is 3.53. The predicted octanol–water partition coefficient (Wildman–Crippen LogP) is 8.48. The summed E-state index contributed by atoms with van der Waals surface area (Å²) >= 11 is 1.74. The van der Waals surface area contributed by atoms with Crippen LogP contribution in [0.3, 0.4) is 0 Å². The number of rotatable bonds is 14. The Kier molecular flexibility index (Phi) is 11.6. The molecule has 3 rings (SSSR count). The van der Waals surface area contributed by atoms with Crippen molar-refractivity contribution in [1.29, 1.82) is 0 Å². The van der Waals surface area contributed by atoms with Gasteiger partial charge >= 0.3 is 8.80 Å². The molecule has 0 radical (unpaired) electrons. The van der Waals surface area contributed by atoms with Crippen LogP contribution in [0.4, 0.5) is 0 Å². The van der Waals surface area contributed by atoms with Crippen molar-refractivity contribution < 1.29 is 13.3 Å². The monoisotopic (exact) mass is 561 g/mol. The Bertz CT molecular complexity index is 939. The van der Waals surface area contributed by atoms with Gasteiger partial charge in [0.2, 0.25) is 0 Å². The van der Waals surface area contributed by atoms with Gasteiger partial charge in [0, 0.05) is 30.8 Å². The molecule has 0 bridgehead atoms. The van der Waals surface area contributed by atoms with Gasteiger partial charge in [0.05, 0.1) is 10.2 Å². The van der Waals surface area contributed by atoms with Gasteiger partial charge in [-0.2, -0.15) is 0 Å². The molecular weight excluding hydrogens is 535 g/mol. The van der Waals surface area contributed by atoms with E-state index in [1.807, 2.05) is 26.8 Å². The molecule has 0 aliphatic heterocycles. The highest BCUT2D eigenvalue weighted by Crippen LogP contribution is 2.54. The van der Waals surface area contributed by atoms with Crippen LogP contribution in [0.2, 0.25) is 0 Å². The first-order chi connectivity index (χ1) is 15.6. The summed E-state index contributed by atoms with van der Waals surface area (Å²) < 4.78 is 20.6. The van der Waals surface area contributed by atoms with Crippen LogP contribution in [0.15, 0.2) is 51.7 Å². The average molecular weight is 562 g/mol. The van der Waals surface area contributed by atoms with Crippen LogP contribution in [0, 0.1) is 6.92 Å². The number of hydrogen-bond donors (Lipinski definition) is 0. The summed E-state index contributed by atoms with van der Waals surface area (Å²) in [6.07, 6.45) is 0. The van der Waals surface area contributed by atoms with Crippen LogP contribution in [0.5, 0.6) is 0 Å². The lowest BCUT2D eigenvalue weighted by atomic mass is 10.2. The van der Waals surface area contributed by atoms with Gasteiger partial charge in [0.25, 0.3) is 0 Å². The van der Waals surface area contributed by atoms with Gasteiger partial charge in [0.1, 0.15) is 0 Å². The topological polar surface area (TPSA) is 40.6 Å². The Morgan fingerprint density at radius 1 is 0.875 bits per heavy atom. The Hall–Kier alpha value is 0.177. The zero-order valence-electron chi connectivity index (χ0n) is 18.5. The molecule has 0 aliphatic carbocycles. The van der Waals surface area contributed by atoms with E-state index in [0.717, 1.165) is 9.86 Å². The van der Waals surface area contributed by atoms with E-state index < -0.39 is 8.80 Å². The summed E-state index contributed by atoms with van der Waals surface area (Å²) in [6, 6.07) is 15.5. The molecule has 0 N–H and O–H groups in total. The van der Waals surface area contributed by atoms with E-state index in [9.17, 15) is 0 Å². The maximum Gasteiger partial charge on any atom is 0.505 e. The minimum Gasteiger partial charge on any atom is -0.374 e. The molecule has 174 valence electrons. The van der Waals surface area contributed by atoms with E-state index in [0.29, 0.717) is 25.9 Å². The smallest absolute Gasteiger partial charge is 0.374 e. The Morgan fingerprint density at radius 3 is 2.25 bits per heavy atom. The van der Waals surface area contributed by atoms with Gasteiger partial charge < -0.3 is 13.3 Å². The SMILES string of the molecule is CCO[Si](Cc1cc(C)ccc1SSSSSc1nc2ccccc2s1)(OCC)OCC. The van der Waals surface area contributed by atoms with Crippen molar-refractivity contribution in [3.05, 3.63) is 53.6 Å². The van der Waals surface area contributed by atoms with E-state index in [-0.39, 0.29) is 0 Å². The molecule has 0 spiro atoms. The van der Waals surface area contributed by atoms with Gasteiger partial charge in [-0.05, 0) is 103 Å². The average Bonchev–Trinajstić information content (AvgIpc) is 3.18. The molecule has 4 nitrogen and oxygen atoms in total. The summed E-state index contributed by atoms with van der Waals surface area (Å²) in [7, 11) is 6.01. The standard InChI is InChI=1S/C21H27NO3S6Si/c1-5-23-32(24-6-2,25-7-3)15-17-14-16(4)12-13-19(17)27-29-31-30-28-21-22-18-10-8-9-11-20(18)26-21/h8-14H,5-7,15H2,1-4H3. The number of fused-ring (bicyclic) bond motifs is 1. The third-order valence-corrected chi connectivity index (χ3v) is 17.0. The Morgan fingerprint density at radius 2 is 1.56 bits per heavy atom. The first-order valence-corrected chi connectivity index (χ1v) is 19.2. The number of hydrogen-bond acceptors (Lipinski definition) is 10. The van der Waals surface area contributed by atoms with E-state index in [4.69, 9.17) is 13.3 Å². The molecule has 0 saturated heterocycles. The van der Waals surface area contributed by atoms with Crippen LogP contribution in [0.1, 0.15) is 31.9 Å². The van der Waals surface area contributed by atoms with Crippen LogP contribution in [0.25, 0.3) is 10.2 Å². The van der Waals surface area contributed by atoms with Crippen molar-refractivity contribution >= 4 is 81.4 Å². The summed E-state index contributed by atoms with van der Waals surface area (Å²) in [4.78, 5) is 5.91. The Labute approximate surface area is 214 Å². The van der Waals surface area contributed by atoms with Crippen LogP contribution >= 0.6 is 62.4 Å². The predicted molar refractivity (Wildman–Crippen MR) is 150 cm³/mol. The lowest BCUT2D eigenvalue weighted by Gasteiger charge is -2.29. The van der Waals surface area contributed by atoms with Crippen molar-refractivity contribution in [2.24, 2.45) is 0 Å². The van der Waals surface area contributed by atoms with E-state index >= 15 is 0 Å². The lowest BCUT2D eigenvalue weighted by molar-refractivity contribution is 0.0702. The van der Waals surface area contributed by atoms with E-state index in [2.05, 4.69) is 48.3 Å².